The Kier molecular flexibility index (Phi) is 4.55. The van der Waals surface area contributed by atoms with Crippen LogP contribution in [0, 0.1) is 6.92 Å². The van der Waals surface area contributed by atoms with Crippen molar-refractivity contribution in [2.75, 3.05) is 11.9 Å². The van der Waals surface area contributed by atoms with Crippen LogP contribution in [0.15, 0.2) is 29.6 Å². The number of benzene rings is 1. The Bertz CT molecular complexity index is 1240. The second kappa shape index (κ2) is 7.06. The molecule has 9 nitrogen and oxygen atoms in total. The molecule has 0 fully saturated rings. The second-order valence-electron chi connectivity index (χ2n) is 6.49. The number of aromatic amines is 1. The molecule has 1 aliphatic rings. The molecule has 4 rings (SSSR count). The summed E-state index contributed by atoms with van der Waals surface area (Å²) < 4.78 is 5.34. The number of thiophene rings is 1. The van der Waals surface area contributed by atoms with Crippen molar-refractivity contribution in [2.24, 2.45) is 5.73 Å². The van der Waals surface area contributed by atoms with Crippen molar-refractivity contribution in [3.63, 3.8) is 0 Å². The summed E-state index contributed by atoms with van der Waals surface area (Å²) in [4.78, 5) is 43.7. The standard InChI is InChI=1S/C19H17N5O4S/c1-8(21-6-10-3-4-12-11(5-10)22-13(25)7-28-12)17-23-18(27)15-14(16(20)26)9(2)29-19(15)24-17/h3-5,21H,1,6-7H2,2H3,(H2,20,26)(H,22,25)(H,23,24,27). The van der Waals surface area contributed by atoms with E-state index in [1.54, 1.807) is 19.1 Å². The van der Waals surface area contributed by atoms with Crippen LogP contribution in [0.5, 0.6) is 5.75 Å². The highest BCUT2D eigenvalue weighted by molar-refractivity contribution is 7.19. The molecule has 148 valence electrons. The van der Waals surface area contributed by atoms with Crippen molar-refractivity contribution in [1.29, 1.82) is 0 Å². The van der Waals surface area contributed by atoms with E-state index in [-0.39, 0.29) is 29.3 Å². The van der Waals surface area contributed by atoms with E-state index in [2.05, 4.69) is 27.2 Å². The average molecular weight is 411 g/mol. The third-order valence-corrected chi connectivity index (χ3v) is 5.45. The van der Waals surface area contributed by atoms with Gasteiger partial charge >= 0.3 is 0 Å². The molecule has 3 aromatic rings. The number of aryl methyl sites for hydroxylation is 1. The predicted molar refractivity (Wildman–Crippen MR) is 110 cm³/mol. The highest BCUT2D eigenvalue weighted by atomic mass is 32.1. The quantitative estimate of drug-likeness (QED) is 0.502. The Hall–Kier alpha value is -3.66. The molecule has 0 bridgehead atoms. The largest absolute Gasteiger partial charge is 0.482 e. The first-order valence-electron chi connectivity index (χ1n) is 8.65. The minimum Gasteiger partial charge on any atom is -0.482 e. The molecule has 0 unspecified atom stereocenters. The molecule has 1 aromatic carbocycles. The number of aromatic nitrogens is 2. The SMILES string of the molecule is C=C(NCc1ccc2c(c1)NC(=O)CO2)c1nc2sc(C)c(C(N)=O)c2c(=O)[nH]1. The fourth-order valence-electron chi connectivity index (χ4n) is 3.09. The number of hydrogen-bond donors (Lipinski definition) is 4. The van der Waals surface area contributed by atoms with Gasteiger partial charge in [-0.3, -0.25) is 14.4 Å². The molecular formula is C19H17N5O4S. The molecular weight excluding hydrogens is 394 g/mol. The van der Waals surface area contributed by atoms with Crippen molar-refractivity contribution in [1.82, 2.24) is 15.3 Å². The average Bonchev–Trinajstić information content (AvgIpc) is 3.02. The van der Waals surface area contributed by atoms with Gasteiger partial charge in [-0.2, -0.15) is 0 Å². The smallest absolute Gasteiger partial charge is 0.262 e. The predicted octanol–water partition coefficient (Wildman–Crippen LogP) is 1.48. The summed E-state index contributed by atoms with van der Waals surface area (Å²) in [6.07, 6.45) is 0. The topological polar surface area (TPSA) is 139 Å². The highest BCUT2D eigenvalue weighted by Crippen LogP contribution is 2.29. The van der Waals surface area contributed by atoms with Gasteiger partial charge in [0, 0.05) is 11.4 Å². The van der Waals surface area contributed by atoms with Gasteiger partial charge in [-0.25, -0.2) is 4.98 Å². The van der Waals surface area contributed by atoms with E-state index in [0.717, 1.165) is 5.56 Å². The van der Waals surface area contributed by atoms with E-state index in [4.69, 9.17) is 10.5 Å². The van der Waals surface area contributed by atoms with Crippen molar-refractivity contribution in [3.8, 4) is 5.75 Å². The molecule has 5 N–H and O–H groups in total. The summed E-state index contributed by atoms with van der Waals surface area (Å²) >= 11 is 1.23. The summed E-state index contributed by atoms with van der Waals surface area (Å²) in [5.41, 5.74) is 7.03. The van der Waals surface area contributed by atoms with Crippen molar-refractivity contribution < 1.29 is 14.3 Å². The zero-order chi connectivity index (χ0) is 20.7. The molecule has 2 aromatic heterocycles. The lowest BCUT2D eigenvalue weighted by Gasteiger charge is -2.18. The summed E-state index contributed by atoms with van der Waals surface area (Å²) in [6.45, 7) is 6.04. The third-order valence-electron chi connectivity index (χ3n) is 4.45. The van der Waals surface area contributed by atoms with Gasteiger partial charge in [-0.1, -0.05) is 12.6 Å². The number of carbonyl (C=O) groups is 2. The maximum absolute atomic E-state index is 12.5. The van der Waals surface area contributed by atoms with E-state index in [1.807, 2.05) is 6.07 Å². The number of ether oxygens (including phenoxy) is 1. The number of carbonyl (C=O) groups excluding carboxylic acids is 2. The lowest BCUT2D eigenvalue weighted by atomic mass is 10.1. The molecule has 2 amide bonds. The van der Waals surface area contributed by atoms with Gasteiger partial charge in [0.2, 0.25) is 0 Å². The number of nitrogens with one attached hydrogen (secondary N) is 3. The van der Waals surface area contributed by atoms with Crippen molar-refractivity contribution in [3.05, 3.63) is 57.0 Å². The zero-order valence-electron chi connectivity index (χ0n) is 15.4. The number of H-pyrrole nitrogens is 1. The maximum atomic E-state index is 12.5. The fraction of sp³-hybridized carbons (Fsp3) is 0.158. The van der Waals surface area contributed by atoms with E-state index >= 15 is 0 Å². The minimum absolute atomic E-state index is 0.00255. The van der Waals surface area contributed by atoms with E-state index in [0.29, 0.717) is 33.4 Å². The van der Waals surface area contributed by atoms with Crippen LogP contribution in [0.2, 0.25) is 0 Å². The van der Waals surface area contributed by atoms with Crippen LogP contribution in [-0.2, 0) is 11.3 Å². The molecule has 0 atom stereocenters. The molecule has 0 saturated heterocycles. The number of hydrogen-bond acceptors (Lipinski definition) is 7. The fourth-order valence-corrected chi connectivity index (χ4v) is 4.12. The monoisotopic (exact) mass is 411 g/mol. The van der Waals surface area contributed by atoms with Crippen LogP contribution in [0.4, 0.5) is 5.69 Å². The molecule has 29 heavy (non-hydrogen) atoms. The Morgan fingerprint density at radius 1 is 1.41 bits per heavy atom. The van der Waals surface area contributed by atoms with Gasteiger partial charge < -0.3 is 26.1 Å². The molecule has 0 spiro atoms. The van der Waals surface area contributed by atoms with E-state index in [9.17, 15) is 14.4 Å². The Balaban J connectivity index is 1.55. The third kappa shape index (κ3) is 3.45. The number of anilines is 1. The lowest BCUT2D eigenvalue weighted by Crippen LogP contribution is -2.25. The molecule has 1 aliphatic heterocycles. The van der Waals surface area contributed by atoms with Crippen LogP contribution in [0.3, 0.4) is 0 Å². The van der Waals surface area contributed by atoms with E-state index in [1.165, 1.54) is 11.3 Å². The molecule has 10 heteroatoms. The number of nitrogens with zero attached hydrogens (tertiary/aromatic N) is 1. The number of fused-ring (bicyclic) bond motifs is 2. The number of amides is 2. The van der Waals surface area contributed by atoms with Gasteiger partial charge in [0.05, 0.1) is 22.3 Å². The summed E-state index contributed by atoms with van der Waals surface area (Å²) in [5, 5.41) is 6.05. The van der Waals surface area contributed by atoms with Crippen molar-refractivity contribution in [2.45, 2.75) is 13.5 Å². The first-order chi connectivity index (χ1) is 13.8. The summed E-state index contributed by atoms with van der Waals surface area (Å²) in [6, 6.07) is 5.44. The molecule has 3 heterocycles. The Labute approximate surface area is 168 Å². The van der Waals surface area contributed by atoms with Crippen LogP contribution in [0.25, 0.3) is 15.9 Å². The van der Waals surface area contributed by atoms with Crippen LogP contribution in [-0.4, -0.2) is 28.4 Å². The normalized spacial score (nSPS) is 12.8. The van der Waals surface area contributed by atoms with Crippen LogP contribution in [0.1, 0.15) is 26.6 Å². The van der Waals surface area contributed by atoms with Crippen LogP contribution >= 0.6 is 11.3 Å². The molecule has 0 aliphatic carbocycles. The first-order valence-corrected chi connectivity index (χ1v) is 9.47. The van der Waals surface area contributed by atoms with E-state index < -0.39 is 11.5 Å². The van der Waals surface area contributed by atoms with Gasteiger partial charge in [-0.15, -0.1) is 11.3 Å². The van der Waals surface area contributed by atoms with Crippen LogP contribution < -0.4 is 26.7 Å². The zero-order valence-corrected chi connectivity index (χ0v) is 16.2. The number of primary amides is 1. The van der Waals surface area contributed by atoms with Gasteiger partial charge in [0.25, 0.3) is 17.4 Å². The van der Waals surface area contributed by atoms with Crippen molar-refractivity contribution >= 4 is 44.8 Å². The van der Waals surface area contributed by atoms with Gasteiger partial charge in [-0.05, 0) is 24.6 Å². The number of rotatable bonds is 5. The highest BCUT2D eigenvalue weighted by Gasteiger charge is 2.20. The maximum Gasteiger partial charge on any atom is 0.262 e. The first kappa shape index (κ1) is 18.7. The molecule has 0 radical (unpaired) electrons. The second-order valence-corrected chi connectivity index (χ2v) is 7.69. The lowest BCUT2D eigenvalue weighted by molar-refractivity contribution is -0.118. The van der Waals surface area contributed by atoms with Gasteiger partial charge in [0.1, 0.15) is 10.6 Å². The summed E-state index contributed by atoms with van der Waals surface area (Å²) in [5.74, 6) is 0.0224. The minimum atomic E-state index is -0.658. The van der Waals surface area contributed by atoms with Gasteiger partial charge in [0.15, 0.2) is 12.4 Å². The Morgan fingerprint density at radius 2 is 2.21 bits per heavy atom. The number of nitrogens with two attached hydrogens (primary N) is 1. The Morgan fingerprint density at radius 3 is 2.97 bits per heavy atom. The summed E-state index contributed by atoms with van der Waals surface area (Å²) in [7, 11) is 0. The molecule has 0 saturated carbocycles.